The van der Waals surface area contributed by atoms with Crippen molar-refractivity contribution >= 4 is 33.1 Å². The number of fused-ring (bicyclic) bond motifs is 1. The lowest BCUT2D eigenvalue weighted by Gasteiger charge is -2.25. The van der Waals surface area contributed by atoms with Crippen LogP contribution in [0.2, 0.25) is 0 Å². The summed E-state index contributed by atoms with van der Waals surface area (Å²) in [5.74, 6) is 0.319. The number of amides is 1. The van der Waals surface area contributed by atoms with Crippen molar-refractivity contribution in [2.45, 2.75) is 12.8 Å². The first-order valence-corrected chi connectivity index (χ1v) is 6.85. The molecule has 1 aliphatic heterocycles. The molecule has 18 heavy (non-hydrogen) atoms. The average Bonchev–Trinajstić information content (AvgIpc) is 2.82. The van der Waals surface area contributed by atoms with Gasteiger partial charge in [-0.2, -0.15) is 0 Å². The van der Waals surface area contributed by atoms with Crippen molar-refractivity contribution in [1.29, 1.82) is 0 Å². The molecule has 1 amide bonds. The van der Waals surface area contributed by atoms with Crippen LogP contribution in [0.1, 0.15) is 22.5 Å². The topological polar surface area (TPSA) is 37.4 Å². The molecule has 0 N–H and O–H groups in total. The zero-order chi connectivity index (χ0) is 12.5. The standard InChI is InChI=1S/C14H13NO2S/c16-11-5-7-15(8-6-11)14(17)13-9-10-3-1-2-4-12(10)18-13/h1-4,9H,5-8H2. The molecule has 0 saturated carbocycles. The Labute approximate surface area is 109 Å². The van der Waals surface area contributed by atoms with Gasteiger partial charge in [-0.15, -0.1) is 11.3 Å². The van der Waals surface area contributed by atoms with E-state index in [0.717, 1.165) is 15.0 Å². The van der Waals surface area contributed by atoms with Crippen molar-refractivity contribution in [2.75, 3.05) is 13.1 Å². The van der Waals surface area contributed by atoms with Crippen molar-refractivity contribution in [1.82, 2.24) is 4.90 Å². The summed E-state index contributed by atoms with van der Waals surface area (Å²) in [6.45, 7) is 1.12. The highest BCUT2D eigenvalue weighted by Gasteiger charge is 2.22. The minimum Gasteiger partial charge on any atom is -0.337 e. The monoisotopic (exact) mass is 259 g/mol. The summed E-state index contributed by atoms with van der Waals surface area (Å²) in [5, 5.41) is 1.11. The molecule has 2 aromatic rings. The molecule has 0 aliphatic carbocycles. The first-order valence-electron chi connectivity index (χ1n) is 6.03. The molecular formula is C14H13NO2S. The van der Waals surface area contributed by atoms with Crippen LogP contribution < -0.4 is 0 Å². The summed E-state index contributed by atoms with van der Waals surface area (Å²) in [7, 11) is 0. The number of Topliss-reactive ketones (excluding diaryl/α,β-unsaturated/α-hetero) is 1. The lowest BCUT2D eigenvalue weighted by atomic mass is 10.1. The van der Waals surface area contributed by atoms with Crippen LogP contribution in [-0.2, 0) is 4.79 Å². The van der Waals surface area contributed by atoms with E-state index in [4.69, 9.17) is 0 Å². The van der Waals surface area contributed by atoms with E-state index in [1.165, 1.54) is 11.3 Å². The van der Waals surface area contributed by atoms with E-state index in [-0.39, 0.29) is 11.7 Å². The van der Waals surface area contributed by atoms with Crippen molar-refractivity contribution in [3.8, 4) is 0 Å². The molecule has 1 saturated heterocycles. The molecule has 0 spiro atoms. The van der Waals surface area contributed by atoms with Crippen molar-refractivity contribution in [3.05, 3.63) is 35.2 Å². The number of piperidine rings is 1. The third kappa shape index (κ3) is 2.04. The second-order valence-electron chi connectivity index (χ2n) is 4.48. The first kappa shape index (κ1) is 11.4. The first-order chi connectivity index (χ1) is 8.74. The van der Waals surface area contributed by atoms with E-state index in [1.54, 1.807) is 4.90 Å². The van der Waals surface area contributed by atoms with Gasteiger partial charge in [-0.05, 0) is 17.5 Å². The van der Waals surface area contributed by atoms with Crippen LogP contribution in [0.5, 0.6) is 0 Å². The maximum absolute atomic E-state index is 12.3. The zero-order valence-electron chi connectivity index (χ0n) is 9.89. The SMILES string of the molecule is O=C1CCN(C(=O)c2cc3ccccc3s2)CC1. The highest BCUT2D eigenvalue weighted by atomic mass is 32.1. The summed E-state index contributed by atoms with van der Waals surface area (Å²) in [5.41, 5.74) is 0. The Balaban J connectivity index is 1.85. The van der Waals surface area contributed by atoms with Crippen LogP contribution in [0.15, 0.2) is 30.3 Å². The molecule has 3 nitrogen and oxygen atoms in total. The number of carbonyl (C=O) groups excluding carboxylic acids is 2. The van der Waals surface area contributed by atoms with Gasteiger partial charge in [-0.1, -0.05) is 18.2 Å². The van der Waals surface area contributed by atoms with Gasteiger partial charge in [0, 0.05) is 30.6 Å². The summed E-state index contributed by atoms with van der Waals surface area (Å²) >= 11 is 1.52. The number of hydrogen-bond acceptors (Lipinski definition) is 3. The summed E-state index contributed by atoms with van der Waals surface area (Å²) in [6.07, 6.45) is 0.993. The van der Waals surface area contributed by atoms with Crippen LogP contribution in [0.25, 0.3) is 10.1 Å². The predicted octanol–water partition coefficient (Wildman–Crippen LogP) is 2.71. The molecule has 0 atom stereocenters. The molecule has 0 radical (unpaired) electrons. The van der Waals surface area contributed by atoms with Crippen LogP contribution in [0.4, 0.5) is 0 Å². The number of rotatable bonds is 1. The predicted molar refractivity (Wildman–Crippen MR) is 72.0 cm³/mol. The van der Waals surface area contributed by atoms with Gasteiger partial charge in [0.1, 0.15) is 5.78 Å². The van der Waals surface area contributed by atoms with Gasteiger partial charge in [0.15, 0.2) is 0 Å². The Morgan fingerprint density at radius 1 is 1.17 bits per heavy atom. The summed E-state index contributed by atoms with van der Waals surface area (Å²) in [6, 6.07) is 9.94. The molecule has 0 bridgehead atoms. The lowest BCUT2D eigenvalue weighted by Crippen LogP contribution is -2.38. The number of hydrogen-bond donors (Lipinski definition) is 0. The van der Waals surface area contributed by atoms with Crippen molar-refractivity contribution < 1.29 is 9.59 Å². The van der Waals surface area contributed by atoms with Gasteiger partial charge in [-0.25, -0.2) is 0 Å². The maximum Gasteiger partial charge on any atom is 0.263 e. The second-order valence-corrected chi connectivity index (χ2v) is 5.56. The molecular weight excluding hydrogens is 246 g/mol. The molecule has 3 rings (SSSR count). The van der Waals surface area contributed by atoms with E-state index in [1.807, 2.05) is 30.3 Å². The second kappa shape index (κ2) is 4.53. The third-order valence-corrected chi connectivity index (χ3v) is 4.35. The van der Waals surface area contributed by atoms with E-state index in [2.05, 4.69) is 0 Å². The Morgan fingerprint density at radius 2 is 1.89 bits per heavy atom. The Morgan fingerprint density at radius 3 is 2.61 bits per heavy atom. The van der Waals surface area contributed by atoms with E-state index in [0.29, 0.717) is 25.9 Å². The zero-order valence-corrected chi connectivity index (χ0v) is 10.7. The van der Waals surface area contributed by atoms with Crippen LogP contribution in [0.3, 0.4) is 0 Å². The third-order valence-electron chi connectivity index (χ3n) is 3.24. The minimum atomic E-state index is 0.0590. The van der Waals surface area contributed by atoms with Gasteiger partial charge < -0.3 is 4.90 Å². The fourth-order valence-electron chi connectivity index (χ4n) is 2.20. The van der Waals surface area contributed by atoms with Gasteiger partial charge in [-0.3, -0.25) is 9.59 Å². The quantitative estimate of drug-likeness (QED) is 0.789. The van der Waals surface area contributed by atoms with E-state index in [9.17, 15) is 9.59 Å². The molecule has 1 fully saturated rings. The summed E-state index contributed by atoms with van der Waals surface area (Å²) in [4.78, 5) is 26.0. The molecule has 4 heteroatoms. The minimum absolute atomic E-state index is 0.0590. The van der Waals surface area contributed by atoms with Crippen LogP contribution >= 0.6 is 11.3 Å². The van der Waals surface area contributed by atoms with E-state index >= 15 is 0 Å². The van der Waals surface area contributed by atoms with Gasteiger partial charge in [0.25, 0.3) is 5.91 Å². The highest BCUT2D eigenvalue weighted by molar-refractivity contribution is 7.20. The maximum atomic E-state index is 12.3. The molecule has 0 unspecified atom stereocenters. The highest BCUT2D eigenvalue weighted by Crippen LogP contribution is 2.26. The van der Waals surface area contributed by atoms with E-state index < -0.39 is 0 Å². The van der Waals surface area contributed by atoms with Crippen molar-refractivity contribution in [3.63, 3.8) is 0 Å². The summed E-state index contributed by atoms with van der Waals surface area (Å²) < 4.78 is 1.13. The Kier molecular flexibility index (Phi) is 2.88. The smallest absolute Gasteiger partial charge is 0.263 e. The molecule has 1 aliphatic rings. The number of ketones is 1. The Hall–Kier alpha value is -1.68. The number of benzene rings is 1. The normalized spacial score (nSPS) is 16.2. The number of nitrogens with zero attached hydrogens (tertiary/aromatic N) is 1. The number of carbonyl (C=O) groups is 2. The number of thiophene rings is 1. The molecule has 92 valence electrons. The molecule has 2 heterocycles. The fourth-order valence-corrected chi connectivity index (χ4v) is 3.23. The molecule has 1 aromatic heterocycles. The van der Waals surface area contributed by atoms with Gasteiger partial charge in [0.2, 0.25) is 0 Å². The van der Waals surface area contributed by atoms with Crippen LogP contribution in [0, 0.1) is 0 Å². The average molecular weight is 259 g/mol. The lowest BCUT2D eigenvalue weighted by molar-refractivity contribution is -0.120. The van der Waals surface area contributed by atoms with Gasteiger partial charge >= 0.3 is 0 Å². The van der Waals surface area contributed by atoms with Crippen molar-refractivity contribution in [2.24, 2.45) is 0 Å². The number of likely N-dealkylation sites (tertiary alicyclic amines) is 1. The fraction of sp³-hybridized carbons (Fsp3) is 0.286. The van der Waals surface area contributed by atoms with Gasteiger partial charge in [0.05, 0.1) is 4.88 Å². The Bertz CT molecular complexity index is 574. The van der Waals surface area contributed by atoms with Crippen LogP contribution in [-0.4, -0.2) is 29.7 Å². The molecule has 1 aromatic carbocycles. The largest absolute Gasteiger partial charge is 0.337 e.